The second-order valence-corrected chi connectivity index (χ2v) is 6.25. The van der Waals surface area contributed by atoms with E-state index < -0.39 is 0 Å². The zero-order chi connectivity index (χ0) is 18.1. The van der Waals surface area contributed by atoms with Crippen molar-refractivity contribution in [1.29, 1.82) is 0 Å². The van der Waals surface area contributed by atoms with Gasteiger partial charge in [0.15, 0.2) is 0 Å². The lowest BCUT2D eigenvalue weighted by Crippen LogP contribution is -1.97. The van der Waals surface area contributed by atoms with Gasteiger partial charge in [0.05, 0.1) is 6.20 Å². The Kier molecular flexibility index (Phi) is 4.05. The largest absolute Gasteiger partial charge is 0.340 e. The lowest BCUT2D eigenvalue weighted by atomic mass is 10.0. The fourth-order valence-corrected chi connectivity index (χ4v) is 3.01. The minimum atomic E-state index is -0.253. The molecule has 0 radical (unpaired) electrons. The second kappa shape index (κ2) is 6.52. The Morgan fingerprint density at radius 2 is 1.85 bits per heavy atom. The highest BCUT2D eigenvalue weighted by molar-refractivity contribution is 5.96. The molecular formula is C21H17FN4. The van der Waals surface area contributed by atoms with E-state index in [2.05, 4.69) is 20.5 Å². The fraction of sp³-hybridized carbons (Fsp3) is 0.0952. The van der Waals surface area contributed by atoms with Crippen LogP contribution in [0.4, 0.5) is 15.9 Å². The minimum Gasteiger partial charge on any atom is -0.340 e. The molecule has 0 fully saturated rings. The Hall–Kier alpha value is -3.34. The minimum absolute atomic E-state index is 0.253. The molecule has 0 aliphatic carbocycles. The SMILES string of the molecule is Cc1cc(F)ccc1-c1nncc2cc(Nc3ncccc3C)ccc12. The normalized spacial score (nSPS) is 10.9. The van der Waals surface area contributed by atoms with Gasteiger partial charge in [-0.2, -0.15) is 5.10 Å². The summed E-state index contributed by atoms with van der Waals surface area (Å²) in [5, 5.41) is 13.7. The molecule has 0 saturated carbocycles. The Labute approximate surface area is 150 Å². The summed E-state index contributed by atoms with van der Waals surface area (Å²) >= 11 is 0. The summed E-state index contributed by atoms with van der Waals surface area (Å²) in [6.45, 7) is 3.88. The maximum Gasteiger partial charge on any atom is 0.133 e. The van der Waals surface area contributed by atoms with Crippen molar-refractivity contribution >= 4 is 22.3 Å². The molecule has 0 bridgehead atoms. The molecule has 0 aliphatic heterocycles. The van der Waals surface area contributed by atoms with E-state index in [1.807, 2.05) is 44.2 Å². The van der Waals surface area contributed by atoms with E-state index in [1.165, 1.54) is 12.1 Å². The molecule has 26 heavy (non-hydrogen) atoms. The van der Waals surface area contributed by atoms with Gasteiger partial charge in [-0.1, -0.05) is 6.07 Å². The lowest BCUT2D eigenvalue weighted by Gasteiger charge is -2.11. The van der Waals surface area contributed by atoms with Crippen molar-refractivity contribution in [3.63, 3.8) is 0 Å². The van der Waals surface area contributed by atoms with Crippen molar-refractivity contribution < 1.29 is 4.39 Å². The predicted octanol–water partition coefficient (Wildman–Crippen LogP) is 5.19. The number of anilines is 2. The van der Waals surface area contributed by atoms with Gasteiger partial charge in [-0.3, -0.25) is 0 Å². The van der Waals surface area contributed by atoms with Gasteiger partial charge < -0.3 is 5.32 Å². The zero-order valence-corrected chi connectivity index (χ0v) is 14.5. The molecule has 1 N–H and O–H groups in total. The summed E-state index contributed by atoms with van der Waals surface area (Å²) in [5.41, 5.74) is 4.46. The number of hydrogen-bond donors (Lipinski definition) is 1. The number of nitrogens with zero attached hydrogens (tertiary/aromatic N) is 3. The first-order valence-electron chi connectivity index (χ1n) is 8.32. The van der Waals surface area contributed by atoms with Crippen LogP contribution in [0.2, 0.25) is 0 Å². The molecular weight excluding hydrogens is 327 g/mol. The van der Waals surface area contributed by atoms with Crippen molar-refractivity contribution in [3.05, 3.63) is 77.9 Å². The number of halogens is 1. The summed E-state index contributed by atoms with van der Waals surface area (Å²) in [4.78, 5) is 4.36. The molecule has 4 nitrogen and oxygen atoms in total. The number of aromatic nitrogens is 3. The van der Waals surface area contributed by atoms with E-state index in [0.29, 0.717) is 0 Å². The van der Waals surface area contributed by atoms with Crippen molar-refractivity contribution in [2.24, 2.45) is 0 Å². The maximum absolute atomic E-state index is 13.4. The van der Waals surface area contributed by atoms with Crippen LogP contribution in [0.1, 0.15) is 11.1 Å². The van der Waals surface area contributed by atoms with Crippen LogP contribution in [0.25, 0.3) is 22.0 Å². The first kappa shape index (κ1) is 16.1. The second-order valence-electron chi connectivity index (χ2n) is 6.25. The van der Waals surface area contributed by atoms with Crippen molar-refractivity contribution in [2.45, 2.75) is 13.8 Å². The number of rotatable bonds is 3. The van der Waals surface area contributed by atoms with Crippen LogP contribution in [0.5, 0.6) is 0 Å². The summed E-state index contributed by atoms with van der Waals surface area (Å²) in [6.07, 6.45) is 3.49. The Bertz CT molecular complexity index is 1110. The van der Waals surface area contributed by atoms with Crippen LogP contribution in [0, 0.1) is 19.7 Å². The number of benzene rings is 2. The number of hydrogen-bond acceptors (Lipinski definition) is 4. The van der Waals surface area contributed by atoms with Crippen LogP contribution in [-0.2, 0) is 0 Å². The molecule has 2 aromatic carbocycles. The van der Waals surface area contributed by atoms with E-state index >= 15 is 0 Å². The van der Waals surface area contributed by atoms with E-state index in [0.717, 1.165) is 44.7 Å². The van der Waals surface area contributed by atoms with E-state index in [-0.39, 0.29) is 5.82 Å². The van der Waals surface area contributed by atoms with Gasteiger partial charge in [0.25, 0.3) is 0 Å². The third-order valence-corrected chi connectivity index (χ3v) is 4.38. The van der Waals surface area contributed by atoms with Crippen LogP contribution in [0.15, 0.2) is 60.9 Å². The first-order chi connectivity index (χ1) is 12.6. The van der Waals surface area contributed by atoms with Gasteiger partial charge in [0.2, 0.25) is 0 Å². The first-order valence-corrected chi connectivity index (χ1v) is 8.32. The molecule has 128 valence electrons. The average Bonchev–Trinajstić information content (AvgIpc) is 2.63. The van der Waals surface area contributed by atoms with Gasteiger partial charge in [-0.15, -0.1) is 5.10 Å². The highest BCUT2D eigenvalue weighted by Gasteiger charge is 2.10. The summed E-state index contributed by atoms with van der Waals surface area (Å²) < 4.78 is 13.4. The Morgan fingerprint density at radius 1 is 0.962 bits per heavy atom. The van der Waals surface area contributed by atoms with Gasteiger partial charge in [-0.05, 0) is 67.4 Å². The number of aryl methyl sites for hydroxylation is 2. The van der Waals surface area contributed by atoms with Crippen LogP contribution < -0.4 is 5.32 Å². The highest BCUT2D eigenvalue weighted by Crippen LogP contribution is 2.30. The summed E-state index contributed by atoms with van der Waals surface area (Å²) in [5.74, 6) is 0.570. The molecule has 4 rings (SSSR count). The van der Waals surface area contributed by atoms with Gasteiger partial charge >= 0.3 is 0 Å². The fourth-order valence-electron chi connectivity index (χ4n) is 3.01. The third-order valence-electron chi connectivity index (χ3n) is 4.38. The van der Waals surface area contributed by atoms with Crippen molar-refractivity contribution in [3.8, 4) is 11.3 Å². The summed E-state index contributed by atoms with van der Waals surface area (Å²) in [7, 11) is 0. The van der Waals surface area contributed by atoms with Gasteiger partial charge in [0.1, 0.15) is 17.3 Å². The zero-order valence-electron chi connectivity index (χ0n) is 14.5. The number of pyridine rings is 1. The summed E-state index contributed by atoms with van der Waals surface area (Å²) in [6, 6.07) is 14.6. The van der Waals surface area contributed by atoms with Crippen molar-refractivity contribution in [1.82, 2.24) is 15.2 Å². The molecule has 0 amide bonds. The maximum atomic E-state index is 13.4. The Balaban J connectivity index is 1.78. The standard InChI is InChI=1S/C21H17FN4/c1-13-4-3-9-23-21(13)25-17-6-8-19-15(11-17)12-24-26-20(19)18-7-5-16(22)10-14(18)2/h3-12H,1-2H3,(H,23,25). The molecule has 0 saturated heterocycles. The average molecular weight is 344 g/mol. The predicted molar refractivity (Wildman–Crippen MR) is 102 cm³/mol. The third kappa shape index (κ3) is 2.99. The van der Waals surface area contributed by atoms with Gasteiger partial charge in [-0.25, -0.2) is 9.37 Å². The van der Waals surface area contributed by atoms with Crippen LogP contribution in [-0.4, -0.2) is 15.2 Å². The smallest absolute Gasteiger partial charge is 0.133 e. The lowest BCUT2D eigenvalue weighted by molar-refractivity contribution is 0.627. The monoisotopic (exact) mass is 344 g/mol. The topological polar surface area (TPSA) is 50.7 Å². The molecule has 5 heteroatoms. The van der Waals surface area contributed by atoms with Gasteiger partial charge in [0, 0.05) is 28.2 Å². The molecule has 0 unspecified atom stereocenters. The number of nitrogens with one attached hydrogen (secondary N) is 1. The molecule has 2 heterocycles. The quantitative estimate of drug-likeness (QED) is 0.555. The molecule has 0 atom stereocenters. The molecule has 4 aromatic rings. The van der Waals surface area contributed by atoms with Crippen LogP contribution >= 0.6 is 0 Å². The molecule has 2 aromatic heterocycles. The molecule has 0 spiro atoms. The van der Waals surface area contributed by atoms with Crippen LogP contribution in [0.3, 0.4) is 0 Å². The van der Waals surface area contributed by atoms with Crippen molar-refractivity contribution in [2.75, 3.05) is 5.32 Å². The number of fused-ring (bicyclic) bond motifs is 1. The highest BCUT2D eigenvalue weighted by atomic mass is 19.1. The van der Waals surface area contributed by atoms with E-state index in [4.69, 9.17) is 0 Å². The Morgan fingerprint density at radius 3 is 2.65 bits per heavy atom. The van der Waals surface area contributed by atoms with E-state index in [1.54, 1.807) is 18.5 Å². The van der Waals surface area contributed by atoms with E-state index in [9.17, 15) is 4.39 Å². The molecule has 0 aliphatic rings.